The molecule has 0 aliphatic heterocycles. The number of thioether (sulfide) groups is 1. The molecule has 3 rings (SSSR count). The fourth-order valence-electron chi connectivity index (χ4n) is 2.25. The summed E-state index contributed by atoms with van der Waals surface area (Å²) in [5.41, 5.74) is 2.74. The average Bonchev–Trinajstić information content (AvgIpc) is 3.08. The third-order valence-corrected chi connectivity index (χ3v) is 5.71. The van der Waals surface area contributed by atoms with E-state index in [1.165, 1.54) is 41.2 Å². The summed E-state index contributed by atoms with van der Waals surface area (Å²) in [6.45, 7) is 2.05. The molecule has 0 aliphatic carbocycles. The number of ketones is 1. The van der Waals surface area contributed by atoms with Gasteiger partial charge in [-0.3, -0.25) is 4.79 Å². The summed E-state index contributed by atoms with van der Waals surface area (Å²) in [7, 11) is 0. The molecule has 0 radical (unpaired) electrons. The highest BCUT2D eigenvalue weighted by Crippen LogP contribution is 2.28. The predicted octanol–water partition coefficient (Wildman–Crippen LogP) is 5.48. The molecule has 0 saturated carbocycles. The minimum atomic E-state index is -0.330. The van der Waals surface area contributed by atoms with Crippen molar-refractivity contribution in [1.82, 2.24) is 10.2 Å². The first-order valence-corrected chi connectivity index (χ1v) is 9.99. The average molecular weight is 388 g/mol. The lowest BCUT2D eigenvalue weighted by Gasteiger charge is -2.01. The number of aryl methyl sites for hydroxylation is 1. The van der Waals surface area contributed by atoms with Crippen LogP contribution in [0.25, 0.3) is 0 Å². The largest absolute Gasteiger partial charge is 0.330 e. The van der Waals surface area contributed by atoms with E-state index in [0.717, 1.165) is 27.3 Å². The Labute approximate surface area is 159 Å². The van der Waals surface area contributed by atoms with Gasteiger partial charge in [0.25, 0.3) is 0 Å². The number of nitrogens with zero attached hydrogens (tertiary/aromatic N) is 2. The number of Topliss-reactive ketones (excluding diaryl/α,β-unsaturated/α-hetero) is 1. The van der Waals surface area contributed by atoms with Gasteiger partial charge in [0.15, 0.2) is 10.1 Å². The zero-order chi connectivity index (χ0) is 18.4. The van der Waals surface area contributed by atoms with Gasteiger partial charge in [-0.1, -0.05) is 40.8 Å². The Hall–Kier alpha value is -2.25. The van der Waals surface area contributed by atoms with Gasteiger partial charge in [-0.25, -0.2) is 4.39 Å². The van der Waals surface area contributed by atoms with Crippen LogP contribution in [0.4, 0.5) is 15.2 Å². The lowest BCUT2D eigenvalue weighted by Crippen LogP contribution is -1.99. The van der Waals surface area contributed by atoms with Gasteiger partial charge in [0.2, 0.25) is 5.13 Å². The van der Waals surface area contributed by atoms with Crippen molar-refractivity contribution >= 4 is 39.7 Å². The Kier molecular flexibility index (Phi) is 6.35. The Balaban J connectivity index is 1.42. The van der Waals surface area contributed by atoms with Crippen LogP contribution in [0.5, 0.6) is 0 Å². The van der Waals surface area contributed by atoms with Gasteiger partial charge >= 0.3 is 0 Å². The highest BCUT2D eigenvalue weighted by molar-refractivity contribution is 8.01. The van der Waals surface area contributed by atoms with Crippen molar-refractivity contribution < 1.29 is 9.18 Å². The number of benzene rings is 2. The lowest BCUT2D eigenvalue weighted by atomic mass is 10.1. The van der Waals surface area contributed by atoms with Crippen molar-refractivity contribution in [2.45, 2.75) is 24.1 Å². The van der Waals surface area contributed by atoms with E-state index in [-0.39, 0.29) is 11.6 Å². The molecule has 0 saturated heterocycles. The first-order valence-electron chi connectivity index (χ1n) is 8.19. The number of carbonyl (C=O) groups is 1. The first-order chi connectivity index (χ1) is 12.6. The Morgan fingerprint density at radius 3 is 2.58 bits per heavy atom. The van der Waals surface area contributed by atoms with E-state index in [1.54, 1.807) is 11.8 Å². The highest BCUT2D eigenvalue weighted by Gasteiger charge is 2.08. The number of carbonyl (C=O) groups excluding carboxylic acids is 1. The van der Waals surface area contributed by atoms with E-state index < -0.39 is 0 Å². The van der Waals surface area contributed by atoms with E-state index in [9.17, 15) is 9.18 Å². The Morgan fingerprint density at radius 2 is 1.85 bits per heavy atom. The molecule has 1 aromatic heterocycles. The molecule has 0 unspecified atom stereocenters. The molecule has 0 amide bonds. The van der Waals surface area contributed by atoms with Crippen LogP contribution in [0.2, 0.25) is 0 Å². The number of anilines is 2. The smallest absolute Gasteiger partial charge is 0.210 e. The number of nitrogens with one attached hydrogen (secondary N) is 1. The lowest BCUT2D eigenvalue weighted by molar-refractivity contribution is 0.0982. The standard InChI is InChI=1S/C19H18FN3OS2/c1-13-4-10-16(11-5-13)21-18-22-23-19(26-18)25-12-2-3-17(24)14-6-8-15(20)9-7-14/h4-11H,2-3,12H2,1H3,(H,21,22). The zero-order valence-electron chi connectivity index (χ0n) is 14.2. The monoisotopic (exact) mass is 387 g/mol. The van der Waals surface area contributed by atoms with E-state index >= 15 is 0 Å². The molecule has 1 heterocycles. The SMILES string of the molecule is Cc1ccc(Nc2nnc(SCCCC(=O)c3ccc(F)cc3)s2)cc1. The van der Waals surface area contributed by atoms with Gasteiger partial charge in [-0.05, 0) is 49.7 Å². The van der Waals surface area contributed by atoms with Crippen molar-refractivity contribution in [1.29, 1.82) is 0 Å². The summed E-state index contributed by atoms with van der Waals surface area (Å²) in [5.74, 6) is 0.486. The van der Waals surface area contributed by atoms with Gasteiger partial charge in [-0.15, -0.1) is 10.2 Å². The minimum absolute atomic E-state index is 0.0320. The molecule has 3 aromatic rings. The molecule has 4 nitrogen and oxygen atoms in total. The summed E-state index contributed by atoms with van der Waals surface area (Å²) in [5, 5.41) is 12.3. The van der Waals surface area contributed by atoms with Crippen molar-refractivity contribution in [2.75, 3.05) is 11.1 Å². The van der Waals surface area contributed by atoms with Crippen LogP contribution in [0.1, 0.15) is 28.8 Å². The molecule has 7 heteroatoms. The van der Waals surface area contributed by atoms with Crippen molar-refractivity contribution in [3.8, 4) is 0 Å². The Morgan fingerprint density at radius 1 is 1.12 bits per heavy atom. The van der Waals surface area contributed by atoms with Crippen LogP contribution in [0, 0.1) is 12.7 Å². The van der Waals surface area contributed by atoms with Crippen LogP contribution in [0.15, 0.2) is 52.9 Å². The second-order valence-corrected chi connectivity index (χ2v) is 8.07. The first kappa shape index (κ1) is 18.5. The van der Waals surface area contributed by atoms with E-state index in [0.29, 0.717) is 12.0 Å². The number of hydrogen-bond acceptors (Lipinski definition) is 6. The van der Waals surface area contributed by atoms with Gasteiger partial charge < -0.3 is 5.32 Å². The highest BCUT2D eigenvalue weighted by atomic mass is 32.2. The normalized spacial score (nSPS) is 10.7. The summed E-state index contributed by atoms with van der Waals surface area (Å²) in [4.78, 5) is 12.0. The Bertz CT molecular complexity index is 863. The molecule has 26 heavy (non-hydrogen) atoms. The maximum absolute atomic E-state index is 12.9. The van der Waals surface area contributed by atoms with Crippen LogP contribution >= 0.6 is 23.1 Å². The quantitative estimate of drug-likeness (QED) is 0.315. The molecule has 0 atom stereocenters. The fourth-order valence-corrected chi connectivity index (χ4v) is 4.03. The van der Waals surface area contributed by atoms with Crippen molar-refractivity contribution in [2.24, 2.45) is 0 Å². The molecule has 2 aromatic carbocycles. The number of hydrogen-bond donors (Lipinski definition) is 1. The number of halogens is 1. The second-order valence-electron chi connectivity index (χ2n) is 5.75. The number of aromatic nitrogens is 2. The summed E-state index contributed by atoms with van der Waals surface area (Å²) >= 11 is 3.08. The summed E-state index contributed by atoms with van der Waals surface area (Å²) in [6.07, 6.45) is 1.17. The van der Waals surface area contributed by atoms with Gasteiger partial charge in [-0.2, -0.15) is 0 Å². The maximum Gasteiger partial charge on any atom is 0.210 e. The summed E-state index contributed by atoms with van der Waals surface area (Å²) < 4.78 is 13.7. The molecule has 0 bridgehead atoms. The van der Waals surface area contributed by atoms with Crippen molar-refractivity contribution in [3.05, 3.63) is 65.5 Å². The van der Waals surface area contributed by atoms with Crippen LogP contribution in [0.3, 0.4) is 0 Å². The van der Waals surface area contributed by atoms with E-state index in [4.69, 9.17) is 0 Å². The fraction of sp³-hybridized carbons (Fsp3) is 0.211. The van der Waals surface area contributed by atoms with Crippen LogP contribution in [-0.4, -0.2) is 21.7 Å². The van der Waals surface area contributed by atoms with Crippen LogP contribution in [-0.2, 0) is 0 Å². The van der Waals surface area contributed by atoms with Gasteiger partial charge in [0.1, 0.15) is 5.82 Å². The predicted molar refractivity (Wildman–Crippen MR) is 105 cm³/mol. The molecule has 0 spiro atoms. The van der Waals surface area contributed by atoms with Crippen molar-refractivity contribution in [3.63, 3.8) is 0 Å². The minimum Gasteiger partial charge on any atom is -0.330 e. The molecular formula is C19H18FN3OS2. The van der Waals surface area contributed by atoms with E-state index in [1.807, 2.05) is 31.2 Å². The molecule has 134 valence electrons. The third kappa shape index (κ3) is 5.37. The summed E-state index contributed by atoms with van der Waals surface area (Å²) in [6, 6.07) is 13.8. The molecular weight excluding hydrogens is 369 g/mol. The second kappa shape index (κ2) is 8.91. The molecule has 0 fully saturated rings. The van der Waals surface area contributed by atoms with Gasteiger partial charge in [0, 0.05) is 23.4 Å². The topological polar surface area (TPSA) is 54.9 Å². The molecule has 0 aliphatic rings. The van der Waals surface area contributed by atoms with Gasteiger partial charge in [0.05, 0.1) is 0 Å². The van der Waals surface area contributed by atoms with E-state index in [2.05, 4.69) is 15.5 Å². The van der Waals surface area contributed by atoms with Crippen LogP contribution < -0.4 is 5.32 Å². The zero-order valence-corrected chi connectivity index (χ0v) is 15.9. The number of rotatable bonds is 8. The molecule has 1 N–H and O–H groups in total. The third-order valence-electron chi connectivity index (χ3n) is 3.65. The maximum atomic E-state index is 12.9.